The second kappa shape index (κ2) is 5.65. The minimum atomic E-state index is -0.478. The molecule has 0 atom stereocenters. The smallest absolute Gasteiger partial charge is 0.361 e. The van der Waals surface area contributed by atoms with Crippen LogP contribution in [0.4, 0.5) is 0 Å². The fourth-order valence-electron chi connectivity index (χ4n) is 2.16. The summed E-state index contributed by atoms with van der Waals surface area (Å²) in [5, 5.41) is 12.6. The van der Waals surface area contributed by atoms with E-state index in [4.69, 9.17) is 4.74 Å². The van der Waals surface area contributed by atoms with Crippen molar-refractivity contribution in [1.29, 1.82) is 0 Å². The summed E-state index contributed by atoms with van der Waals surface area (Å²) < 4.78 is 5.98. The van der Waals surface area contributed by atoms with E-state index in [2.05, 4.69) is 31.3 Å². The summed E-state index contributed by atoms with van der Waals surface area (Å²) in [6.07, 6.45) is 0. The van der Waals surface area contributed by atoms with Gasteiger partial charge in [0.1, 0.15) is 5.69 Å². The van der Waals surface area contributed by atoms with Crippen molar-refractivity contribution in [2.75, 3.05) is 6.61 Å². The van der Waals surface area contributed by atoms with Gasteiger partial charge in [-0.2, -0.15) is 10.3 Å². The number of nitrogens with one attached hydrogen (secondary N) is 1. The van der Waals surface area contributed by atoms with Crippen molar-refractivity contribution in [3.05, 3.63) is 46.6 Å². The first-order chi connectivity index (χ1) is 10.2. The first-order valence-electron chi connectivity index (χ1n) is 6.47. The Labute approximate surface area is 129 Å². The quantitative estimate of drug-likeness (QED) is 0.737. The molecule has 3 rings (SSSR count). The number of hydrogen-bond donors (Lipinski definition) is 1. The number of aromatic nitrogens is 3. The van der Waals surface area contributed by atoms with Gasteiger partial charge in [-0.15, -0.1) is 5.10 Å². The molecule has 0 aliphatic rings. The molecule has 0 unspecified atom stereocenters. The molecule has 0 saturated carbocycles. The van der Waals surface area contributed by atoms with Gasteiger partial charge in [0.05, 0.1) is 6.61 Å². The summed E-state index contributed by atoms with van der Waals surface area (Å²) >= 11 is 3.53. The van der Waals surface area contributed by atoms with Gasteiger partial charge in [-0.25, -0.2) is 4.79 Å². The third kappa shape index (κ3) is 2.54. The number of benzene rings is 2. The number of carbonyl (C=O) groups is 1. The molecule has 0 spiro atoms. The summed E-state index contributed by atoms with van der Waals surface area (Å²) in [5.74, 6) is -0.478. The molecule has 21 heavy (non-hydrogen) atoms. The Bertz CT molecular complexity index is 814. The monoisotopic (exact) mass is 345 g/mol. The van der Waals surface area contributed by atoms with Gasteiger partial charge in [0.25, 0.3) is 0 Å². The zero-order valence-corrected chi connectivity index (χ0v) is 12.8. The van der Waals surface area contributed by atoms with Crippen LogP contribution in [0.5, 0.6) is 0 Å². The summed E-state index contributed by atoms with van der Waals surface area (Å²) in [4.78, 5) is 11.9. The van der Waals surface area contributed by atoms with Crippen LogP contribution in [0, 0.1) is 0 Å². The molecular formula is C15H12BrN3O2. The molecule has 2 aromatic carbocycles. The van der Waals surface area contributed by atoms with E-state index in [0.29, 0.717) is 12.3 Å². The minimum Gasteiger partial charge on any atom is -0.461 e. The van der Waals surface area contributed by atoms with Crippen LogP contribution in [-0.4, -0.2) is 28.0 Å². The molecule has 0 aliphatic carbocycles. The number of carbonyl (C=O) groups excluding carboxylic acids is 1. The number of halogens is 1. The molecule has 3 aromatic rings. The zero-order valence-electron chi connectivity index (χ0n) is 11.3. The van der Waals surface area contributed by atoms with E-state index in [1.165, 1.54) is 0 Å². The van der Waals surface area contributed by atoms with Crippen molar-refractivity contribution in [2.24, 2.45) is 0 Å². The molecule has 0 aliphatic heterocycles. The normalized spacial score (nSPS) is 10.8. The van der Waals surface area contributed by atoms with Crippen LogP contribution in [0.25, 0.3) is 22.0 Å². The fourth-order valence-corrected chi connectivity index (χ4v) is 2.65. The summed E-state index contributed by atoms with van der Waals surface area (Å²) in [6, 6.07) is 11.8. The predicted octanol–water partition coefficient (Wildman–Crippen LogP) is 3.56. The average molecular weight is 346 g/mol. The van der Waals surface area contributed by atoms with Crippen LogP contribution < -0.4 is 0 Å². The van der Waals surface area contributed by atoms with Crippen LogP contribution >= 0.6 is 15.9 Å². The first kappa shape index (κ1) is 13.8. The largest absolute Gasteiger partial charge is 0.461 e. The van der Waals surface area contributed by atoms with Gasteiger partial charge in [-0.05, 0) is 29.8 Å². The molecule has 0 radical (unpaired) electrons. The molecular weight excluding hydrogens is 334 g/mol. The number of H-pyrrole nitrogens is 1. The Morgan fingerprint density at radius 1 is 1.29 bits per heavy atom. The van der Waals surface area contributed by atoms with Crippen molar-refractivity contribution in [3.8, 4) is 11.3 Å². The molecule has 1 N–H and O–H groups in total. The van der Waals surface area contributed by atoms with Crippen molar-refractivity contribution >= 4 is 32.7 Å². The van der Waals surface area contributed by atoms with E-state index in [0.717, 1.165) is 20.8 Å². The fraction of sp³-hybridized carbons (Fsp3) is 0.133. The number of nitrogens with zero attached hydrogens (tertiary/aromatic N) is 2. The molecule has 1 heterocycles. The number of hydrogen-bond acceptors (Lipinski definition) is 4. The Morgan fingerprint density at radius 2 is 2.14 bits per heavy atom. The standard InChI is InChI=1S/C15H12BrN3O2/c1-2-21-15(20)14-13(17-19-18-14)10-7-6-9-4-3-5-12(16)11(9)8-10/h3-8H,2H2,1H3,(H,17,18,19). The molecule has 0 fully saturated rings. The van der Waals surface area contributed by atoms with E-state index in [1.807, 2.05) is 36.4 Å². The number of aromatic amines is 1. The van der Waals surface area contributed by atoms with Gasteiger partial charge in [-0.1, -0.05) is 40.2 Å². The maximum absolute atomic E-state index is 11.9. The highest BCUT2D eigenvalue weighted by Crippen LogP contribution is 2.29. The van der Waals surface area contributed by atoms with Crippen LogP contribution in [0.15, 0.2) is 40.9 Å². The zero-order chi connectivity index (χ0) is 14.8. The molecule has 6 heteroatoms. The van der Waals surface area contributed by atoms with E-state index >= 15 is 0 Å². The van der Waals surface area contributed by atoms with Crippen LogP contribution in [0.3, 0.4) is 0 Å². The Kier molecular flexibility index (Phi) is 3.70. The minimum absolute atomic E-state index is 0.197. The van der Waals surface area contributed by atoms with Crippen molar-refractivity contribution in [2.45, 2.75) is 6.92 Å². The molecule has 106 valence electrons. The first-order valence-corrected chi connectivity index (χ1v) is 7.26. The number of rotatable bonds is 3. The van der Waals surface area contributed by atoms with Gasteiger partial charge < -0.3 is 4.74 Å². The second-order valence-corrected chi connectivity index (χ2v) is 5.27. The Morgan fingerprint density at radius 3 is 2.95 bits per heavy atom. The van der Waals surface area contributed by atoms with Gasteiger partial charge in [0.15, 0.2) is 5.69 Å². The van der Waals surface area contributed by atoms with Gasteiger partial charge >= 0.3 is 5.97 Å². The van der Waals surface area contributed by atoms with E-state index in [1.54, 1.807) is 6.92 Å². The third-order valence-electron chi connectivity index (χ3n) is 3.12. The van der Waals surface area contributed by atoms with E-state index in [-0.39, 0.29) is 5.69 Å². The SMILES string of the molecule is CCOC(=O)c1n[nH]nc1-c1ccc2cccc(Br)c2c1. The highest BCUT2D eigenvalue weighted by atomic mass is 79.9. The van der Waals surface area contributed by atoms with Gasteiger partial charge in [-0.3, -0.25) is 0 Å². The van der Waals surface area contributed by atoms with Crippen molar-refractivity contribution in [3.63, 3.8) is 0 Å². The number of esters is 1. The van der Waals surface area contributed by atoms with E-state index in [9.17, 15) is 4.79 Å². The highest BCUT2D eigenvalue weighted by molar-refractivity contribution is 9.10. The maximum Gasteiger partial charge on any atom is 0.361 e. The summed E-state index contributed by atoms with van der Waals surface area (Å²) in [7, 11) is 0. The topological polar surface area (TPSA) is 67.9 Å². The van der Waals surface area contributed by atoms with Gasteiger partial charge in [0, 0.05) is 10.0 Å². The lowest BCUT2D eigenvalue weighted by molar-refractivity contribution is 0.0520. The van der Waals surface area contributed by atoms with Crippen LogP contribution in [0.2, 0.25) is 0 Å². The highest BCUT2D eigenvalue weighted by Gasteiger charge is 2.19. The molecule has 1 aromatic heterocycles. The lowest BCUT2D eigenvalue weighted by Gasteiger charge is -2.04. The molecule has 0 saturated heterocycles. The van der Waals surface area contributed by atoms with Gasteiger partial charge in [0.2, 0.25) is 0 Å². The Hall–Kier alpha value is -2.21. The third-order valence-corrected chi connectivity index (χ3v) is 3.81. The van der Waals surface area contributed by atoms with Crippen molar-refractivity contribution in [1.82, 2.24) is 15.4 Å². The van der Waals surface area contributed by atoms with Crippen LogP contribution in [0.1, 0.15) is 17.4 Å². The molecule has 5 nitrogen and oxygen atoms in total. The predicted molar refractivity (Wildman–Crippen MR) is 83.0 cm³/mol. The number of ether oxygens (including phenoxy) is 1. The Balaban J connectivity index is 2.11. The maximum atomic E-state index is 11.9. The lowest BCUT2D eigenvalue weighted by Crippen LogP contribution is -2.06. The number of fused-ring (bicyclic) bond motifs is 1. The van der Waals surface area contributed by atoms with Crippen molar-refractivity contribution < 1.29 is 9.53 Å². The summed E-state index contributed by atoms with van der Waals surface area (Å²) in [6.45, 7) is 2.05. The average Bonchev–Trinajstić information content (AvgIpc) is 2.97. The lowest BCUT2D eigenvalue weighted by atomic mass is 10.0. The van der Waals surface area contributed by atoms with E-state index < -0.39 is 5.97 Å². The second-order valence-electron chi connectivity index (χ2n) is 4.42. The molecule has 0 bridgehead atoms. The van der Waals surface area contributed by atoms with Crippen LogP contribution in [-0.2, 0) is 4.74 Å². The summed E-state index contributed by atoms with van der Waals surface area (Å²) in [5.41, 5.74) is 1.50. The molecule has 0 amide bonds.